The van der Waals surface area contributed by atoms with Crippen LogP contribution >= 0.6 is 23.2 Å². The number of benzene rings is 1. The van der Waals surface area contributed by atoms with Crippen molar-refractivity contribution in [3.8, 4) is 0 Å². The van der Waals surface area contributed by atoms with Crippen molar-refractivity contribution in [2.24, 2.45) is 11.3 Å². The SMILES string of the molecule is CNC(c1cccc(Cl)c1Cl)C1CC1(C)C. The van der Waals surface area contributed by atoms with Crippen LogP contribution in [-0.2, 0) is 0 Å². The van der Waals surface area contributed by atoms with E-state index in [9.17, 15) is 0 Å². The first-order valence-corrected chi connectivity index (χ1v) is 6.34. The Hall–Kier alpha value is -0.240. The molecule has 0 aliphatic heterocycles. The van der Waals surface area contributed by atoms with E-state index in [-0.39, 0.29) is 0 Å². The van der Waals surface area contributed by atoms with E-state index >= 15 is 0 Å². The van der Waals surface area contributed by atoms with Crippen LogP contribution in [0.15, 0.2) is 18.2 Å². The molecule has 1 nitrogen and oxygen atoms in total. The molecule has 0 aromatic heterocycles. The monoisotopic (exact) mass is 257 g/mol. The fourth-order valence-corrected chi connectivity index (χ4v) is 2.84. The van der Waals surface area contributed by atoms with Gasteiger partial charge in [0.1, 0.15) is 0 Å². The Balaban J connectivity index is 2.31. The Labute approximate surface area is 107 Å². The molecule has 0 amide bonds. The highest BCUT2D eigenvalue weighted by Gasteiger charge is 2.50. The molecule has 1 saturated carbocycles. The van der Waals surface area contributed by atoms with Crippen molar-refractivity contribution in [3.05, 3.63) is 33.8 Å². The first kappa shape index (κ1) is 12.2. The number of hydrogen-bond acceptors (Lipinski definition) is 1. The molecule has 0 bridgehead atoms. The Bertz CT molecular complexity index is 401. The molecule has 1 aromatic carbocycles. The molecule has 3 heteroatoms. The summed E-state index contributed by atoms with van der Waals surface area (Å²) < 4.78 is 0. The molecule has 0 radical (unpaired) electrons. The first-order chi connectivity index (χ1) is 7.47. The van der Waals surface area contributed by atoms with Gasteiger partial charge in [-0.25, -0.2) is 0 Å². The van der Waals surface area contributed by atoms with Gasteiger partial charge in [-0.2, -0.15) is 0 Å². The lowest BCUT2D eigenvalue weighted by Gasteiger charge is -2.20. The molecule has 16 heavy (non-hydrogen) atoms. The molecule has 1 aliphatic carbocycles. The summed E-state index contributed by atoms with van der Waals surface area (Å²) >= 11 is 12.3. The minimum absolute atomic E-state index is 0.307. The number of nitrogens with one attached hydrogen (secondary N) is 1. The summed E-state index contributed by atoms with van der Waals surface area (Å²) in [7, 11) is 1.98. The highest BCUT2D eigenvalue weighted by atomic mass is 35.5. The maximum atomic E-state index is 6.26. The van der Waals surface area contributed by atoms with Gasteiger partial charge in [0.05, 0.1) is 10.0 Å². The van der Waals surface area contributed by atoms with Crippen molar-refractivity contribution in [3.63, 3.8) is 0 Å². The van der Waals surface area contributed by atoms with Crippen LogP contribution in [0.2, 0.25) is 10.0 Å². The second kappa shape index (κ2) is 4.21. The van der Waals surface area contributed by atoms with Crippen LogP contribution < -0.4 is 5.32 Å². The minimum Gasteiger partial charge on any atom is -0.313 e. The Morgan fingerprint density at radius 1 is 1.38 bits per heavy atom. The lowest BCUT2D eigenvalue weighted by Crippen LogP contribution is -2.20. The summed E-state index contributed by atoms with van der Waals surface area (Å²) in [6.45, 7) is 4.58. The van der Waals surface area contributed by atoms with Crippen LogP contribution in [0, 0.1) is 11.3 Å². The van der Waals surface area contributed by atoms with E-state index < -0.39 is 0 Å². The van der Waals surface area contributed by atoms with Gasteiger partial charge in [-0.1, -0.05) is 49.2 Å². The van der Waals surface area contributed by atoms with Crippen LogP contribution in [0.5, 0.6) is 0 Å². The lowest BCUT2D eigenvalue weighted by atomic mass is 9.97. The van der Waals surface area contributed by atoms with Crippen LogP contribution in [0.1, 0.15) is 31.9 Å². The fourth-order valence-electron chi connectivity index (χ4n) is 2.41. The number of halogens is 2. The third-order valence-electron chi connectivity index (χ3n) is 3.62. The van der Waals surface area contributed by atoms with Crippen molar-refractivity contribution in [2.75, 3.05) is 7.05 Å². The van der Waals surface area contributed by atoms with E-state index in [1.165, 1.54) is 6.42 Å². The van der Waals surface area contributed by atoms with Gasteiger partial charge in [-0.15, -0.1) is 0 Å². The van der Waals surface area contributed by atoms with Crippen LogP contribution in [0.4, 0.5) is 0 Å². The lowest BCUT2D eigenvalue weighted by molar-refractivity contribution is 0.441. The molecular formula is C13H17Cl2N. The molecule has 88 valence electrons. The largest absolute Gasteiger partial charge is 0.313 e. The summed E-state index contributed by atoms with van der Waals surface area (Å²) in [5.41, 5.74) is 1.53. The van der Waals surface area contributed by atoms with Crippen molar-refractivity contribution in [2.45, 2.75) is 26.3 Å². The smallest absolute Gasteiger partial charge is 0.0640 e. The van der Waals surface area contributed by atoms with Crippen molar-refractivity contribution in [1.29, 1.82) is 0 Å². The molecular weight excluding hydrogens is 241 g/mol. The molecule has 2 rings (SSSR count). The number of rotatable bonds is 3. The normalized spacial score (nSPS) is 24.2. The summed E-state index contributed by atoms with van der Waals surface area (Å²) in [5, 5.41) is 4.68. The Morgan fingerprint density at radius 2 is 2.00 bits per heavy atom. The van der Waals surface area contributed by atoms with Crippen molar-refractivity contribution in [1.82, 2.24) is 5.32 Å². The summed E-state index contributed by atoms with van der Waals surface area (Å²) in [6.07, 6.45) is 1.24. The van der Waals surface area contributed by atoms with Crippen molar-refractivity contribution < 1.29 is 0 Å². The third-order valence-corrected chi connectivity index (χ3v) is 4.45. The molecule has 1 N–H and O–H groups in total. The highest BCUT2D eigenvalue weighted by molar-refractivity contribution is 6.42. The Morgan fingerprint density at radius 3 is 2.50 bits per heavy atom. The maximum Gasteiger partial charge on any atom is 0.0640 e. The van der Waals surface area contributed by atoms with Crippen LogP contribution in [-0.4, -0.2) is 7.05 Å². The van der Waals surface area contributed by atoms with E-state index in [1.54, 1.807) is 0 Å². The van der Waals surface area contributed by atoms with Gasteiger partial charge >= 0.3 is 0 Å². The second-order valence-electron chi connectivity index (χ2n) is 5.21. The first-order valence-electron chi connectivity index (χ1n) is 5.58. The standard InChI is InChI=1S/C13H17Cl2N/c1-13(2)7-9(13)12(16-3)8-5-4-6-10(14)11(8)15/h4-6,9,12,16H,7H2,1-3H3. The average molecular weight is 258 g/mol. The molecule has 2 unspecified atom stereocenters. The van der Waals surface area contributed by atoms with Gasteiger partial charge < -0.3 is 5.32 Å². The highest BCUT2D eigenvalue weighted by Crippen LogP contribution is 2.58. The third kappa shape index (κ3) is 2.09. The topological polar surface area (TPSA) is 12.0 Å². The maximum absolute atomic E-state index is 6.26. The molecule has 0 spiro atoms. The predicted octanol–water partition coefficient (Wildman–Crippen LogP) is 4.30. The zero-order valence-corrected chi connectivity index (χ0v) is 11.4. The van der Waals surface area contributed by atoms with E-state index in [0.717, 1.165) is 5.56 Å². The quantitative estimate of drug-likeness (QED) is 0.852. The van der Waals surface area contributed by atoms with Crippen LogP contribution in [0.3, 0.4) is 0 Å². The van der Waals surface area contributed by atoms with E-state index in [2.05, 4.69) is 25.2 Å². The predicted molar refractivity (Wildman–Crippen MR) is 70.2 cm³/mol. The molecule has 1 fully saturated rings. The van der Waals surface area contributed by atoms with Gasteiger partial charge in [0, 0.05) is 6.04 Å². The molecule has 0 saturated heterocycles. The van der Waals surface area contributed by atoms with Crippen LogP contribution in [0.25, 0.3) is 0 Å². The van der Waals surface area contributed by atoms with Gasteiger partial charge in [0.25, 0.3) is 0 Å². The van der Waals surface area contributed by atoms with E-state index in [4.69, 9.17) is 23.2 Å². The molecule has 0 heterocycles. The fraction of sp³-hybridized carbons (Fsp3) is 0.538. The van der Waals surface area contributed by atoms with Gasteiger partial charge in [0.2, 0.25) is 0 Å². The van der Waals surface area contributed by atoms with E-state index in [0.29, 0.717) is 27.4 Å². The summed E-state index contributed by atoms with van der Waals surface area (Å²) in [4.78, 5) is 0. The molecule has 1 aromatic rings. The van der Waals surface area contributed by atoms with Gasteiger partial charge in [0.15, 0.2) is 0 Å². The van der Waals surface area contributed by atoms with Gasteiger partial charge in [-0.3, -0.25) is 0 Å². The summed E-state index contributed by atoms with van der Waals surface area (Å²) in [6, 6.07) is 6.16. The Kier molecular flexibility index (Phi) is 3.22. The van der Waals surface area contributed by atoms with Crippen molar-refractivity contribution >= 4 is 23.2 Å². The molecule has 2 atom stereocenters. The second-order valence-corrected chi connectivity index (χ2v) is 5.99. The van der Waals surface area contributed by atoms with Gasteiger partial charge in [-0.05, 0) is 36.4 Å². The minimum atomic E-state index is 0.307. The molecule has 1 aliphatic rings. The summed E-state index contributed by atoms with van der Waals surface area (Å²) in [5.74, 6) is 0.647. The zero-order valence-electron chi connectivity index (χ0n) is 9.85. The zero-order chi connectivity index (χ0) is 11.9. The number of hydrogen-bond donors (Lipinski definition) is 1. The van der Waals surface area contributed by atoms with E-state index in [1.807, 2.05) is 19.2 Å². The average Bonchev–Trinajstić information content (AvgIpc) is 2.83.